The standard InChI is InChI=1S/C21H30N4O/c26-19(18-3-1-6-25(13-18)20-22-4-2-5-23-20)24-14-21-10-15-7-16(11-21)9-17(8-15)12-21/h2,4-5,15-18H,1,3,6-14H2,(H,24,26). The summed E-state index contributed by atoms with van der Waals surface area (Å²) in [7, 11) is 0. The Kier molecular flexibility index (Phi) is 4.13. The van der Waals surface area contributed by atoms with Gasteiger partial charge in [-0.2, -0.15) is 0 Å². The van der Waals surface area contributed by atoms with Crippen LogP contribution in [0.3, 0.4) is 0 Å². The van der Waals surface area contributed by atoms with Crippen molar-refractivity contribution in [2.24, 2.45) is 29.1 Å². The van der Waals surface area contributed by atoms with Crippen molar-refractivity contribution in [1.82, 2.24) is 15.3 Å². The number of anilines is 1. The second kappa shape index (κ2) is 6.50. The van der Waals surface area contributed by atoms with Gasteiger partial charge in [-0.05, 0) is 80.6 Å². The lowest BCUT2D eigenvalue weighted by Crippen LogP contribution is -2.52. The summed E-state index contributed by atoms with van der Waals surface area (Å²) in [4.78, 5) is 23.8. The Morgan fingerprint density at radius 3 is 2.42 bits per heavy atom. The molecule has 1 aromatic heterocycles. The summed E-state index contributed by atoms with van der Waals surface area (Å²) >= 11 is 0. The molecule has 2 heterocycles. The molecule has 1 atom stereocenters. The van der Waals surface area contributed by atoms with Crippen molar-refractivity contribution in [2.75, 3.05) is 24.5 Å². The van der Waals surface area contributed by atoms with Gasteiger partial charge in [0.15, 0.2) is 0 Å². The van der Waals surface area contributed by atoms with Crippen LogP contribution in [0.5, 0.6) is 0 Å². The zero-order valence-corrected chi connectivity index (χ0v) is 15.6. The zero-order valence-electron chi connectivity index (χ0n) is 15.6. The molecule has 140 valence electrons. The topological polar surface area (TPSA) is 58.1 Å². The third-order valence-electron chi connectivity index (χ3n) is 7.43. The van der Waals surface area contributed by atoms with E-state index in [2.05, 4.69) is 20.2 Å². The summed E-state index contributed by atoms with van der Waals surface area (Å²) < 4.78 is 0. The fourth-order valence-electron chi connectivity index (χ4n) is 6.75. The van der Waals surface area contributed by atoms with Gasteiger partial charge in [0.25, 0.3) is 0 Å². The van der Waals surface area contributed by atoms with Crippen LogP contribution in [-0.4, -0.2) is 35.5 Å². The molecule has 0 radical (unpaired) electrons. The summed E-state index contributed by atoms with van der Waals surface area (Å²) in [6, 6.07) is 1.84. The molecule has 4 bridgehead atoms. The lowest BCUT2D eigenvalue weighted by Gasteiger charge is -2.57. The maximum atomic E-state index is 12.9. The summed E-state index contributed by atoms with van der Waals surface area (Å²) in [5.74, 6) is 3.91. The molecule has 0 aromatic carbocycles. The van der Waals surface area contributed by atoms with Crippen LogP contribution in [0.1, 0.15) is 51.4 Å². The van der Waals surface area contributed by atoms with Crippen LogP contribution in [0.25, 0.3) is 0 Å². The average Bonchev–Trinajstić information content (AvgIpc) is 2.66. The number of rotatable bonds is 4. The number of nitrogens with zero attached hydrogens (tertiary/aromatic N) is 3. The minimum Gasteiger partial charge on any atom is -0.355 e. The van der Waals surface area contributed by atoms with Gasteiger partial charge in [0.05, 0.1) is 5.92 Å². The van der Waals surface area contributed by atoms with Gasteiger partial charge in [0, 0.05) is 32.0 Å². The first-order chi connectivity index (χ1) is 12.7. The molecular weight excluding hydrogens is 324 g/mol. The Labute approximate surface area is 156 Å². The molecule has 5 nitrogen and oxygen atoms in total. The molecule has 1 aliphatic heterocycles. The molecule has 5 aliphatic rings. The van der Waals surface area contributed by atoms with E-state index in [1.54, 1.807) is 12.4 Å². The normalized spacial score (nSPS) is 38.4. The van der Waals surface area contributed by atoms with Gasteiger partial charge < -0.3 is 10.2 Å². The van der Waals surface area contributed by atoms with E-state index in [1.165, 1.54) is 38.5 Å². The van der Waals surface area contributed by atoms with Crippen molar-refractivity contribution < 1.29 is 4.79 Å². The average molecular weight is 354 g/mol. The Hall–Kier alpha value is -1.65. The first-order valence-corrected chi connectivity index (χ1v) is 10.5. The third-order valence-corrected chi connectivity index (χ3v) is 7.43. The Morgan fingerprint density at radius 1 is 1.12 bits per heavy atom. The third kappa shape index (κ3) is 3.10. The van der Waals surface area contributed by atoms with Crippen LogP contribution in [0.2, 0.25) is 0 Å². The second-order valence-electron chi connectivity index (χ2n) is 9.47. The molecule has 4 aliphatic carbocycles. The number of amides is 1. The molecule has 4 saturated carbocycles. The summed E-state index contributed by atoms with van der Waals surface area (Å²) in [6.45, 7) is 2.60. The van der Waals surface area contributed by atoms with Crippen LogP contribution in [-0.2, 0) is 4.79 Å². The molecule has 26 heavy (non-hydrogen) atoms. The molecule has 1 N–H and O–H groups in total. The van der Waals surface area contributed by atoms with Crippen molar-refractivity contribution in [3.8, 4) is 0 Å². The summed E-state index contributed by atoms with van der Waals surface area (Å²) in [5.41, 5.74) is 0.418. The van der Waals surface area contributed by atoms with E-state index in [1.807, 2.05) is 6.07 Å². The zero-order chi connectivity index (χ0) is 17.6. The highest BCUT2D eigenvalue weighted by molar-refractivity contribution is 5.79. The van der Waals surface area contributed by atoms with Gasteiger partial charge in [0.1, 0.15) is 0 Å². The maximum Gasteiger partial charge on any atom is 0.225 e. The number of hydrogen-bond acceptors (Lipinski definition) is 4. The number of piperidine rings is 1. The van der Waals surface area contributed by atoms with Crippen molar-refractivity contribution in [2.45, 2.75) is 51.4 Å². The lowest BCUT2D eigenvalue weighted by atomic mass is 9.49. The van der Waals surface area contributed by atoms with E-state index in [4.69, 9.17) is 0 Å². The van der Waals surface area contributed by atoms with Gasteiger partial charge >= 0.3 is 0 Å². The monoisotopic (exact) mass is 354 g/mol. The van der Waals surface area contributed by atoms with Crippen LogP contribution in [0.15, 0.2) is 18.5 Å². The van der Waals surface area contributed by atoms with Crippen molar-refractivity contribution >= 4 is 11.9 Å². The first kappa shape index (κ1) is 16.5. The van der Waals surface area contributed by atoms with Crippen molar-refractivity contribution in [3.63, 3.8) is 0 Å². The predicted molar refractivity (Wildman–Crippen MR) is 101 cm³/mol. The molecule has 5 fully saturated rings. The molecule has 1 aromatic rings. The Bertz CT molecular complexity index is 626. The highest BCUT2D eigenvalue weighted by atomic mass is 16.1. The van der Waals surface area contributed by atoms with Gasteiger partial charge in [-0.25, -0.2) is 9.97 Å². The van der Waals surface area contributed by atoms with E-state index >= 15 is 0 Å². The van der Waals surface area contributed by atoms with Crippen LogP contribution in [0.4, 0.5) is 5.95 Å². The highest BCUT2D eigenvalue weighted by Gasteiger charge is 2.50. The van der Waals surface area contributed by atoms with Crippen LogP contribution >= 0.6 is 0 Å². The van der Waals surface area contributed by atoms with E-state index in [9.17, 15) is 4.79 Å². The SMILES string of the molecule is O=C(NCC12CC3CC(CC(C3)C1)C2)C1CCCN(c2ncccn2)C1. The molecule has 1 saturated heterocycles. The number of nitrogens with one attached hydrogen (secondary N) is 1. The van der Waals surface area contributed by atoms with Gasteiger partial charge in [-0.3, -0.25) is 4.79 Å². The smallest absolute Gasteiger partial charge is 0.225 e. The largest absolute Gasteiger partial charge is 0.355 e. The Balaban J connectivity index is 1.19. The summed E-state index contributed by atoms with van der Waals surface area (Å²) in [6.07, 6.45) is 14.0. The van der Waals surface area contributed by atoms with E-state index in [0.29, 0.717) is 5.41 Å². The number of hydrogen-bond donors (Lipinski definition) is 1. The Morgan fingerprint density at radius 2 is 1.77 bits per heavy atom. The van der Waals surface area contributed by atoms with Crippen molar-refractivity contribution in [1.29, 1.82) is 0 Å². The molecule has 0 spiro atoms. The van der Waals surface area contributed by atoms with E-state index in [-0.39, 0.29) is 11.8 Å². The predicted octanol–water partition coefficient (Wildman–Crippen LogP) is 3.03. The fourth-order valence-corrected chi connectivity index (χ4v) is 6.75. The summed E-state index contributed by atoms with van der Waals surface area (Å²) in [5, 5.41) is 3.38. The van der Waals surface area contributed by atoms with E-state index in [0.717, 1.165) is 56.2 Å². The highest BCUT2D eigenvalue weighted by Crippen LogP contribution is 2.59. The number of carbonyl (C=O) groups is 1. The number of carbonyl (C=O) groups excluding carboxylic acids is 1. The second-order valence-corrected chi connectivity index (χ2v) is 9.47. The van der Waals surface area contributed by atoms with Crippen LogP contribution < -0.4 is 10.2 Å². The molecule has 1 unspecified atom stereocenters. The van der Waals surface area contributed by atoms with E-state index < -0.39 is 0 Å². The molecular formula is C21H30N4O. The molecule has 1 amide bonds. The first-order valence-electron chi connectivity index (χ1n) is 10.5. The molecule has 5 heteroatoms. The minimum atomic E-state index is 0.0708. The van der Waals surface area contributed by atoms with Gasteiger partial charge in [0.2, 0.25) is 11.9 Å². The minimum absolute atomic E-state index is 0.0708. The number of aromatic nitrogens is 2. The van der Waals surface area contributed by atoms with Gasteiger partial charge in [-0.15, -0.1) is 0 Å². The van der Waals surface area contributed by atoms with Gasteiger partial charge in [-0.1, -0.05) is 0 Å². The van der Waals surface area contributed by atoms with Crippen LogP contribution in [0, 0.1) is 29.1 Å². The quantitative estimate of drug-likeness (QED) is 0.903. The van der Waals surface area contributed by atoms with Crippen molar-refractivity contribution in [3.05, 3.63) is 18.5 Å². The fraction of sp³-hybridized carbons (Fsp3) is 0.762. The maximum absolute atomic E-state index is 12.9. The lowest BCUT2D eigenvalue weighted by molar-refractivity contribution is -0.127. The molecule has 6 rings (SSSR count).